The van der Waals surface area contributed by atoms with Gasteiger partial charge in [-0.2, -0.15) is 0 Å². The van der Waals surface area contributed by atoms with Crippen LogP contribution in [0.3, 0.4) is 0 Å². The highest BCUT2D eigenvalue weighted by Gasteiger charge is 2.20. The van der Waals surface area contributed by atoms with Crippen LogP contribution in [0.4, 0.5) is 5.69 Å². The molecule has 1 aromatic heterocycles. The van der Waals surface area contributed by atoms with Crippen molar-refractivity contribution in [2.45, 2.75) is 57.5 Å². The molecule has 0 fully saturated rings. The fraction of sp³-hybridized carbons (Fsp3) is 0.471. The number of carbonyl (C=O) groups is 1. The molecule has 2 aromatic rings. The molecule has 1 amide bonds. The zero-order chi connectivity index (χ0) is 17.7. The predicted molar refractivity (Wildman–Crippen MR) is 97.6 cm³/mol. The molecule has 2 rings (SSSR count). The van der Waals surface area contributed by atoms with E-state index in [0.29, 0.717) is 11.7 Å². The second-order valence-electron chi connectivity index (χ2n) is 5.83. The second-order valence-corrected chi connectivity index (χ2v) is 7.14. The van der Waals surface area contributed by atoms with Gasteiger partial charge in [-0.3, -0.25) is 9.36 Å². The smallest absolute Gasteiger partial charge is 0.325 e. The van der Waals surface area contributed by atoms with Gasteiger partial charge in [-0.25, -0.2) is 9.89 Å². The normalized spacial score (nSPS) is 12.2. The number of benzene rings is 1. The number of amides is 1. The molecule has 0 saturated heterocycles. The van der Waals surface area contributed by atoms with E-state index in [1.54, 1.807) is 4.57 Å². The van der Waals surface area contributed by atoms with Crippen LogP contribution in [0.2, 0.25) is 0 Å². The van der Waals surface area contributed by atoms with Crippen molar-refractivity contribution in [3.05, 3.63) is 39.8 Å². The Labute approximate surface area is 146 Å². The topological polar surface area (TPSA) is 79.8 Å². The van der Waals surface area contributed by atoms with Crippen LogP contribution in [0.25, 0.3) is 0 Å². The second kappa shape index (κ2) is 8.19. The average Bonchev–Trinajstić information content (AvgIpc) is 2.88. The molecule has 1 atom stereocenters. The van der Waals surface area contributed by atoms with E-state index in [4.69, 9.17) is 0 Å². The van der Waals surface area contributed by atoms with Gasteiger partial charge in [0.05, 0.1) is 5.25 Å². The molecule has 0 aliphatic carbocycles. The molecule has 0 spiro atoms. The summed E-state index contributed by atoms with van der Waals surface area (Å²) < 4.78 is 1.59. The summed E-state index contributed by atoms with van der Waals surface area (Å²) in [4.78, 5) is 24.3. The first-order chi connectivity index (χ1) is 11.4. The number of para-hydroxylation sites is 1. The molecule has 0 aliphatic rings. The maximum atomic E-state index is 12.5. The Kier molecular flexibility index (Phi) is 6.25. The lowest BCUT2D eigenvalue weighted by Gasteiger charge is -2.15. The van der Waals surface area contributed by atoms with Crippen molar-refractivity contribution in [2.24, 2.45) is 0 Å². The molecule has 1 aromatic carbocycles. The quantitative estimate of drug-likeness (QED) is 0.754. The molecule has 2 N–H and O–H groups in total. The molecule has 0 unspecified atom stereocenters. The number of aromatic amines is 1. The molecular formula is C17H24N4O2S. The predicted octanol–water partition coefficient (Wildman–Crippen LogP) is 3.11. The number of H-pyrrole nitrogens is 1. The van der Waals surface area contributed by atoms with Crippen molar-refractivity contribution in [2.75, 3.05) is 5.32 Å². The summed E-state index contributed by atoms with van der Waals surface area (Å²) in [6.07, 6.45) is 1.89. The number of hydrogen-bond acceptors (Lipinski definition) is 4. The number of hydrogen-bond donors (Lipinski definition) is 2. The third-order valence-electron chi connectivity index (χ3n) is 3.84. The number of nitrogens with one attached hydrogen (secondary N) is 2. The van der Waals surface area contributed by atoms with Crippen LogP contribution in [0.15, 0.2) is 28.2 Å². The fourth-order valence-electron chi connectivity index (χ4n) is 2.35. The van der Waals surface area contributed by atoms with Crippen LogP contribution >= 0.6 is 11.8 Å². The third-order valence-corrected chi connectivity index (χ3v) is 4.93. The molecule has 0 radical (unpaired) electrons. The monoisotopic (exact) mass is 348 g/mol. The van der Waals surface area contributed by atoms with E-state index in [1.807, 2.05) is 39.0 Å². The summed E-state index contributed by atoms with van der Waals surface area (Å²) in [7, 11) is 0. The van der Waals surface area contributed by atoms with E-state index in [2.05, 4.69) is 22.4 Å². The van der Waals surface area contributed by atoms with Crippen LogP contribution in [0, 0.1) is 13.8 Å². The van der Waals surface area contributed by atoms with Crippen LogP contribution in [-0.4, -0.2) is 25.9 Å². The van der Waals surface area contributed by atoms with Gasteiger partial charge in [0.15, 0.2) is 5.16 Å². The Hall–Kier alpha value is -2.02. The molecule has 0 aliphatic heterocycles. The maximum absolute atomic E-state index is 12.5. The van der Waals surface area contributed by atoms with E-state index in [9.17, 15) is 9.59 Å². The Bertz CT molecular complexity index is 746. The van der Waals surface area contributed by atoms with Gasteiger partial charge in [0.25, 0.3) is 0 Å². The minimum Gasteiger partial charge on any atom is -0.325 e. The number of aryl methyl sites for hydroxylation is 2. The van der Waals surface area contributed by atoms with Crippen molar-refractivity contribution in [1.82, 2.24) is 14.8 Å². The summed E-state index contributed by atoms with van der Waals surface area (Å²) >= 11 is 1.29. The molecule has 130 valence electrons. The van der Waals surface area contributed by atoms with E-state index in [0.717, 1.165) is 29.7 Å². The highest BCUT2D eigenvalue weighted by atomic mass is 32.2. The highest BCUT2D eigenvalue weighted by molar-refractivity contribution is 8.00. The summed E-state index contributed by atoms with van der Waals surface area (Å²) in [5.41, 5.74) is 2.68. The maximum Gasteiger partial charge on any atom is 0.343 e. The molecule has 0 bridgehead atoms. The van der Waals surface area contributed by atoms with Crippen molar-refractivity contribution < 1.29 is 4.79 Å². The Morgan fingerprint density at radius 2 is 2.04 bits per heavy atom. The van der Waals surface area contributed by atoms with Crippen molar-refractivity contribution >= 4 is 23.4 Å². The minimum absolute atomic E-state index is 0.102. The molecule has 7 heteroatoms. The Morgan fingerprint density at radius 3 is 2.67 bits per heavy atom. The summed E-state index contributed by atoms with van der Waals surface area (Å²) in [6, 6.07) is 5.90. The number of aromatic nitrogens is 3. The van der Waals surface area contributed by atoms with Crippen LogP contribution in [0.5, 0.6) is 0 Å². The Balaban J connectivity index is 2.08. The number of unbranched alkanes of at least 4 members (excludes halogenated alkanes) is 1. The SMILES string of the molecule is CCCCn1c(S[C@@H](C)C(=O)Nc2c(C)cccc2C)n[nH]c1=O. The van der Waals surface area contributed by atoms with Gasteiger partial charge in [0.2, 0.25) is 5.91 Å². The first-order valence-corrected chi connectivity index (χ1v) is 9.01. The first kappa shape index (κ1) is 18.3. The van der Waals surface area contributed by atoms with Gasteiger partial charge in [-0.15, -0.1) is 5.10 Å². The zero-order valence-electron chi connectivity index (χ0n) is 14.5. The molecule has 0 saturated carbocycles. The lowest BCUT2D eigenvalue weighted by Crippen LogP contribution is -2.24. The summed E-state index contributed by atoms with van der Waals surface area (Å²) in [5.74, 6) is -0.102. The molecule has 6 nitrogen and oxygen atoms in total. The van der Waals surface area contributed by atoms with Gasteiger partial charge >= 0.3 is 5.69 Å². The van der Waals surface area contributed by atoms with E-state index in [-0.39, 0.29) is 16.8 Å². The number of nitrogens with zero attached hydrogens (tertiary/aromatic N) is 2. The van der Waals surface area contributed by atoms with Gasteiger partial charge in [-0.05, 0) is 38.3 Å². The van der Waals surface area contributed by atoms with Crippen LogP contribution < -0.4 is 11.0 Å². The number of anilines is 1. The number of carbonyl (C=O) groups excluding carboxylic acids is 1. The van der Waals surface area contributed by atoms with Gasteiger partial charge in [0, 0.05) is 12.2 Å². The number of rotatable bonds is 7. The van der Waals surface area contributed by atoms with E-state index in [1.165, 1.54) is 11.8 Å². The van der Waals surface area contributed by atoms with Crippen LogP contribution in [0.1, 0.15) is 37.8 Å². The van der Waals surface area contributed by atoms with Crippen molar-refractivity contribution in [3.8, 4) is 0 Å². The zero-order valence-corrected chi connectivity index (χ0v) is 15.4. The average molecular weight is 348 g/mol. The van der Waals surface area contributed by atoms with Crippen LogP contribution in [-0.2, 0) is 11.3 Å². The molecule has 24 heavy (non-hydrogen) atoms. The third kappa shape index (κ3) is 4.29. The molecular weight excluding hydrogens is 324 g/mol. The minimum atomic E-state index is -0.361. The van der Waals surface area contributed by atoms with Gasteiger partial charge < -0.3 is 5.32 Å². The summed E-state index contributed by atoms with van der Waals surface area (Å²) in [6.45, 7) is 8.43. The highest BCUT2D eigenvalue weighted by Crippen LogP contribution is 2.24. The first-order valence-electron chi connectivity index (χ1n) is 8.13. The lowest BCUT2D eigenvalue weighted by molar-refractivity contribution is -0.115. The van der Waals surface area contributed by atoms with Gasteiger partial charge in [0.1, 0.15) is 0 Å². The fourth-order valence-corrected chi connectivity index (χ4v) is 3.24. The summed E-state index contributed by atoms with van der Waals surface area (Å²) in [5, 5.41) is 9.68. The largest absolute Gasteiger partial charge is 0.343 e. The lowest BCUT2D eigenvalue weighted by atomic mass is 10.1. The van der Waals surface area contributed by atoms with Crippen molar-refractivity contribution in [1.29, 1.82) is 0 Å². The number of thioether (sulfide) groups is 1. The van der Waals surface area contributed by atoms with Crippen molar-refractivity contribution in [3.63, 3.8) is 0 Å². The molecule has 1 heterocycles. The standard InChI is InChI=1S/C17H24N4O2S/c1-5-6-10-21-16(23)19-20-17(21)24-13(4)15(22)18-14-11(2)8-7-9-12(14)3/h7-9,13H,5-6,10H2,1-4H3,(H,18,22)(H,19,23)/t13-/m0/s1. The van der Waals surface area contributed by atoms with E-state index >= 15 is 0 Å². The Morgan fingerprint density at radius 1 is 1.38 bits per heavy atom. The van der Waals surface area contributed by atoms with Gasteiger partial charge in [-0.1, -0.05) is 43.3 Å². The van der Waals surface area contributed by atoms with E-state index < -0.39 is 0 Å².